The Morgan fingerprint density at radius 3 is 2.19 bits per heavy atom. The second kappa shape index (κ2) is 8.45. The SMILES string of the molecule is Cc1cc(C)c(CCNC(=O)CCCCC(=O)O)c(C)c1. The van der Waals surface area contributed by atoms with Crippen LogP contribution in [0.1, 0.15) is 47.9 Å². The van der Waals surface area contributed by atoms with E-state index in [0.717, 1.165) is 6.42 Å². The number of carboxylic acid groups (broad SMARTS) is 1. The number of nitrogens with one attached hydrogen (secondary N) is 1. The Bertz CT molecular complexity index is 486. The minimum atomic E-state index is -0.805. The summed E-state index contributed by atoms with van der Waals surface area (Å²) >= 11 is 0. The molecule has 0 unspecified atom stereocenters. The predicted molar refractivity (Wildman–Crippen MR) is 83.5 cm³/mol. The molecule has 0 fully saturated rings. The highest BCUT2D eigenvalue weighted by Gasteiger charge is 2.06. The summed E-state index contributed by atoms with van der Waals surface area (Å²) in [5.41, 5.74) is 5.09. The maximum Gasteiger partial charge on any atom is 0.303 e. The van der Waals surface area contributed by atoms with Gasteiger partial charge in [-0.1, -0.05) is 17.7 Å². The van der Waals surface area contributed by atoms with Gasteiger partial charge < -0.3 is 10.4 Å². The van der Waals surface area contributed by atoms with Gasteiger partial charge in [-0.05, 0) is 56.7 Å². The molecule has 116 valence electrons. The Morgan fingerprint density at radius 1 is 1.05 bits per heavy atom. The van der Waals surface area contributed by atoms with Crippen LogP contribution in [-0.4, -0.2) is 23.5 Å². The first-order chi connectivity index (χ1) is 9.90. The van der Waals surface area contributed by atoms with Gasteiger partial charge >= 0.3 is 5.97 Å². The van der Waals surface area contributed by atoms with Crippen LogP contribution in [0.25, 0.3) is 0 Å². The summed E-state index contributed by atoms with van der Waals surface area (Å²) in [5.74, 6) is -0.802. The first-order valence-electron chi connectivity index (χ1n) is 7.45. The van der Waals surface area contributed by atoms with Crippen LogP contribution in [0.5, 0.6) is 0 Å². The van der Waals surface area contributed by atoms with E-state index in [4.69, 9.17) is 5.11 Å². The third kappa shape index (κ3) is 6.43. The van der Waals surface area contributed by atoms with Crippen molar-refractivity contribution in [1.82, 2.24) is 5.32 Å². The van der Waals surface area contributed by atoms with E-state index in [0.29, 0.717) is 25.8 Å². The van der Waals surface area contributed by atoms with Gasteiger partial charge in [-0.25, -0.2) is 0 Å². The molecule has 0 bridgehead atoms. The van der Waals surface area contributed by atoms with E-state index >= 15 is 0 Å². The molecule has 0 aliphatic rings. The van der Waals surface area contributed by atoms with Crippen LogP contribution in [0.4, 0.5) is 0 Å². The van der Waals surface area contributed by atoms with Crippen molar-refractivity contribution in [3.05, 3.63) is 34.4 Å². The molecule has 21 heavy (non-hydrogen) atoms. The van der Waals surface area contributed by atoms with Crippen LogP contribution in [0.2, 0.25) is 0 Å². The molecule has 0 heterocycles. The van der Waals surface area contributed by atoms with E-state index in [1.54, 1.807) is 0 Å². The van der Waals surface area contributed by atoms with Crippen molar-refractivity contribution in [2.24, 2.45) is 0 Å². The van der Waals surface area contributed by atoms with Gasteiger partial charge in [-0.3, -0.25) is 9.59 Å². The third-order valence-electron chi connectivity index (χ3n) is 3.58. The summed E-state index contributed by atoms with van der Waals surface area (Å²) in [4.78, 5) is 22.0. The third-order valence-corrected chi connectivity index (χ3v) is 3.58. The summed E-state index contributed by atoms with van der Waals surface area (Å²) in [6.45, 7) is 6.91. The lowest BCUT2D eigenvalue weighted by molar-refractivity contribution is -0.137. The quantitative estimate of drug-likeness (QED) is 0.724. The molecule has 4 heteroatoms. The Hall–Kier alpha value is -1.84. The molecule has 0 saturated heterocycles. The fraction of sp³-hybridized carbons (Fsp3) is 0.529. The van der Waals surface area contributed by atoms with E-state index in [9.17, 15) is 9.59 Å². The van der Waals surface area contributed by atoms with Crippen molar-refractivity contribution in [3.8, 4) is 0 Å². The highest BCUT2D eigenvalue weighted by Crippen LogP contribution is 2.16. The highest BCUT2D eigenvalue weighted by molar-refractivity contribution is 5.75. The van der Waals surface area contributed by atoms with Gasteiger partial charge in [-0.15, -0.1) is 0 Å². The number of aryl methyl sites for hydroxylation is 3. The molecule has 1 rings (SSSR count). The van der Waals surface area contributed by atoms with E-state index in [-0.39, 0.29) is 12.3 Å². The molecule has 4 nitrogen and oxygen atoms in total. The zero-order valence-electron chi connectivity index (χ0n) is 13.2. The van der Waals surface area contributed by atoms with Crippen molar-refractivity contribution in [1.29, 1.82) is 0 Å². The number of carbonyl (C=O) groups is 2. The molecule has 0 radical (unpaired) electrons. The standard InChI is InChI=1S/C17H25NO3/c1-12-10-13(2)15(14(3)11-12)8-9-18-16(19)6-4-5-7-17(20)21/h10-11H,4-9H2,1-3H3,(H,18,19)(H,20,21). The molecule has 0 aliphatic carbocycles. The Kier molecular flexibility index (Phi) is 6.92. The molecular formula is C17H25NO3. The maximum atomic E-state index is 11.6. The molecule has 2 N–H and O–H groups in total. The lowest BCUT2D eigenvalue weighted by Gasteiger charge is -2.12. The van der Waals surface area contributed by atoms with Gasteiger partial charge in [-0.2, -0.15) is 0 Å². The molecule has 0 saturated carbocycles. The predicted octanol–water partition coefficient (Wildman–Crippen LogP) is 2.92. The van der Waals surface area contributed by atoms with Crippen molar-refractivity contribution in [2.45, 2.75) is 52.9 Å². The van der Waals surface area contributed by atoms with Crippen LogP contribution in [-0.2, 0) is 16.0 Å². The summed E-state index contributed by atoms with van der Waals surface area (Å²) in [6.07, 6.45) is 2.55. The van der Waals surface area contributed by atoms with Gasteiger partial charge in [0.25, 0.3) is 0 Å². The minimum Gasteiger partial charge on any atom is -0.481 e. The number of amides is 1. The van der Waals surface area contributed by atoms with Crippen LogP contribution < -0.4 is 5.32 Å². The summed E-state index contributed by atoms with van der Waals surface area (Å²) in [6, 6.07) is 4.33. The van der Waals surface area contributed by atoms with E-state index < -0.39 is 5.97 Å². The molecule has 1 aromatic carbocycles. The molecular weight excluding hydrogens is 266 g/mol. The van der Waals surface area contributed by atoms with Gasteiger partial charge in [0.05, 0.1) is 0 Å². The molecule has 0 aromatic heterocycles. The topological polar surface area (TPSA) is 66.4 Å². The van der Waals surface area contributed by atoms with E-state index in [1.807, 2.05) is 0 Å². The van der Waals surface area contributed by atoms with Crippen LogP contribution in [0.3, 0.4) is 0 Å². The zero-order chi connectivity index (χ0) is 15.8. The summed E-state index contributed by atoms with van der Waals surface area (Å²) in [7, 11) is 0. The minimum absolute atomic E-state index is 0.00260. The second-order valence-electron chi connectivity index (χ2n) is 5.58. The van der Waals surface area contributed by atoms with Crippen LogP contribution in [0.15, 0.2) is 12.1 Å². The lowest BCUT2D eigenvalue weighted by atomic mass is 9.97. The lowest BCUT2D eigenvalue weighted by Crippen LogP contribution is -2.25. The fourth-order valence-corrected chi connectivity index (χ4v) is 2.58. The maximum absolute atomic E-state index is 11.6. The van der Waals surface area contributed by atoms with Crippen LogP contribution in [0, 0.1) is 20.8 Å². The fourth-order valence-electron chi connectivity index (χ4n) is 2.58. The largest absolute Gasteiger partial charge is 0.481 e. The summed E-state index contributed by atoms with van der Waals surface area (Å²) < 4.78 is 0. The van der Waals surface area contributed by atoms with Gasteiger partial charge in [0.15, 0.2) is 0 Å². The van der Waals surface area contributed by atoms with E-state index in [1.165, 1.54) is 22.3 Å². The van der Waals surface area contributed by atoms with Crippen molar-refractivity contribution in [3.63, 3.8) is 0 Å². The summed E-state index contributed by atoms with van der Waals surface area (Å²) in [5, 5.41) is 11.4. The molecule has 0 aliphatic heterocycles. The van der Waals surface area contributed by atoms with Gasteiger partial charge in [0.1, 0.15) is 0 Å². The number of carbonyl (C=O) groups excluding carboxylic acids is 1. The van der Waals surface area contributed by atoms with E-state index in [2.05, 4.69) is 38.2 Å². The highest BCUT2D eigenvalue weighted by atomic mass is 16.4. The normalized spacial score (nSPS) is 10.4. The first kappa shape index (κ1) is 17.2. The number of rotatable bonds is 8. The molecule has 0 atom stereocenters. The molecule has 0 spiro atoms. The average Bonchev–Trinajstić information content (AvgIpc) is 2.37. The number of hydrogen-bond donors (Lipinski definition) is 2. The second-order valence-corrected chi connectivity index (χ2v) is 5.58. The van der Waals surface area contributed by atoms with Gasteiger partial charge in [0, 0.05) is 19.4 Å². The number of hydrogen-bond acceptors (Lipinski definition) is 2. The Balaban J connectivity index is 2.30. The average molecular weight is 291 g/mol. The molecule has 1 amide bonds. The number of unbranched alkanes of at least 4 members (excludes halogenated alkanes) is 1. The Labute approximate surface area is 126 Å². The van der Waals surface area contributed by atoms with Crippen molar-refractivity contribution < 1.29 is 14.7 Å². The van der Waals surface area contributed by atoms with Crippen LogP contribution >= 0.6 is 0 Å². The monoisotopic (exact) mass is 291 g/mol. The molecule has 1 aromatic rings. The van der Waals surface area contributed by atoms with Gasteiger partial charge in [0.2, 0.25) is 5.91 Å². The van der Waals surface area contributed by atoms with Crippen molar-refractivity contribution >= 4 is 11.9 Å². The van der Waals surface area contributed by atoms with Crippen molar-refractivity contribution in [2.75, 3.05) is 6.54 Å². The first-order valence-corrected chi connectivity index (χ1v) is 7.45. The number of aliphatic carboxylic acids is 1. The number of benzene rings is 1. The smallest absolute Gasteiger partial charge is 0.303 e. The number of carboxylic acids is 1. The zero-order valence-corrected chi connectivity index (χ0v) is 13.2. The Morgan fingerprint density at radius 2 is 1.62 bits per heavy atom.